The van der Waals surface area contributed by atoms with E-state index in [-0.39, 0.29) is 21.0 Å². The molecule has 0 aliphatic carbocycles. The molecule has 154 valence electrons. The van der Waals surface area contributed by atoms with Gasteiger partial charge in [-0.05, 0) is 71.0 Å². The Labute approximate surface area is 176 Å². The topological polar surface area (TPSA) is 131 Å². The summed E-state index contributed by atoms with van der Waals surface area (Å²) in [5.74, 6) is 0. The summed E-state index contributed by atoms with van der Waals surface area (Å²) in [6.45, 7) is 0. The molecule has 0 spiro atoms. The van der Waals surface area contributed by atoms with Gasteiger partial charge < -0.3 is 0 Å². The number of rotatable bonds is 6. The van der Waals surface area contributed by atoms with E-state index in [2.05, 4.69) is 24.4 Å². The minimum atomic E-state index is -4.00. The lowest BCUT2D eigenvalue weighted by molar-refractivity contribution is 0.315. The Morgan fingerprint density at radius 1 is 0.733 bits per heavy atom. The van der Waals surface area contributed by atoms with Crippen molar-refractivity contribution in [1.29, 1.82) is 0 Å². The maximum absolute atomic E-state index is 12.7. The Morgan fingerprint density at radius 3 is 2.00 bits per heavy atom. The van der Waals surface area contributed by atoms with Gasteiger partial charge in [-0.3, -0.25) is 9.44 Å². The van der Waals surface area contributed by atoms with Crippen molar-refractivity contribution in [2.75, 3.05) is 9.44 Å². The van der Waals surface area contributed by atoms with Gasteiger partial charge in [0.25, 0.3) is 20.0 Å². The Balaban J connectivity index is 1.56. The lowest BCUT2D eigenvalue weighted by atomic mass is 10.3. The zero-order chi connectivity index (χ0) is 21.4. The Hall–Kier alpha value is -3.15. The molecule has 1 aromatic heterocycles. The van der Waals surface area contributed by atoms with Gasteiger partial charge in [-0.25, -0.2) is 21.5 Å². The number of anilines is 2. The summed E-state index contributed by atoms with van der Waals surface area (Å²) in [7, 11) is -7.86. The fourth-order valence-electron chi connectivity index (χ4n) is 2.64. The number of benzene rings is 3. The maximum Gasteiger partial charge on any atom is 0.264 e. The lowest BCUT2D eigenvalue weighted by Crippen LogP contribution is -2.15. The number of nitrogens with zero attached hydrogens (tertiary/aromatic N) is 2. The molecule has 0 amide bonds. The van der Waals surface area contributed by atoms with Crippen LogP contribution >= 0.6 is 11.6 Å². The Bertz CT molecular complexity index is 1420. The maximum atomic E-state index is 12.7. The number of hydrogen-bond acceptors (Lipinski definition) is 7. The van der Waals surface area contributed by atoms with Crippen LogP contribution in [0.2, 0.25) is 5.02 Å². The minimum Gasteiger partial charge on any atom is -0.280 e. The Morgan fingerprint density at radius 2 is 1.33 bits per heavy atom. The first kappa shape index (κ1) is 20.1. The molecule has 30 heavy (non-hydrogen) atoms. The van der Waals surface area contributed by atoms with Gasteiger partial charge in [0.2, 0.25) is 0 Å². The summed E-state index contributed by atoms with van der Waals surface area (Å²) < 4.78 is 59.8. The van der Waals surface area contributed by atoms with Crippen LogP contribution in [0, 0.1) is 0 Å². The zero-order valence-electron chi connectivity index (χ0n) is 15.0. The van der Waals surface area contributed by atoms with Crippen LogP contribution in [-0.4, -0.2) is 27.1 Å². The van der Waals surface area contributed by atoms with E-state index in [0.717, 1.165) is 0 Å². The van der Waals surface area contributed by atoms with E-state index < -0.39 is 20.0 Å². The van der Waals surface area contributed by atoms with Crippen molar-refractivity contribution < 1.29 is 21.5 Å². The highest BCUT2D eigenvalue weighted by Crippen LogP contribution is 2.24. The number of sulfonamides is 2. The van der Waals surface area contributed by atoms with Gasteiger partial charge in [0.15, 0.2) is 5.52 Å². The van der Waals surface area contributed by atoms with Crippen molar-refractivity contribution >= 4 is 54.1 Å². The largest absolute Gasteiger partial charge is 0.280 e. The number of halogens is 1. The van der Waals surface area contributed by atoms with E-state index >= 15 is 0 Å². The van der Waals surface area contributed by atoms with Gasteiger partial charge in [-0.1, -0.05) is 17.7 Å². The van der Waals surface area contributed by atoms with Crippen molar-refractivity contribution in [3.05, 3.63) is 71.8 Å². The molecular weight excluding hydrogens is 452 g/mol. The molecule has 0 radical (unpaired) electrons. The van der Waals surface area contributed by atoms with Crippen LogP contribution < -0.4 is 9.44 Å². The molecule has 0 aliphatic rings. The second kappa shape index (κ2) is 7.59. The lowest BCUT2D eigenvalue weighted by Gasteiger charge is -2.10. The van der Waals surface area contributed by atoms with Crippen molar-refractivity contribution in [3.63, 3.8) is 0 Å². The molecule has 9 nitrogen and oxygen atoms in total. The van der Waals surface area contributed by atoms with Gasteiger partial charge in [0.1, 0.15) is 10.4 Å². The molecular formula is C18H13ClN4O5S2. The highest BCUT2D eigenvalue weighted by atomic mass is 35.5. The van der Waals surface area contributed by atoms with Crippen molar-refractivity contribution in [2.24, 2.45) is 0 Å². The monoisotopic (exact) mass is 464 g/mol. The van der Waals surface area contributed by atoms with Crippen molar-refractivity contribution in [2.45, 2.75) is 9.79 Å². The second-order valence-electron chi connectivity index (χ2n) is 6.13. The van der Waals surface area contributed by atoms with E-state index in [4.69, 9.17) is 11.6 Å². The minimum absolute atomic E-state index is 0.0387. The van der Waals surface area contributed by atoms with Crippen LogP contribution in [0.15, 0.2) is 81.2 Å². The van der Waals surface area contributed by atoms with E-state index in [0.29, 0.717) is 16.2 Å². The molecule has 0 saturated heterocycles. The number of fused-ring (bicyclic) bond motifs is 1. The van der Waals surface area contributed by atoms with E-state index in [1.165, 1.54) is 48.5 Å². The molecule has 1 heterocycles. The molecule has 12 heteroatoms. The highest BCUT2D eigenvalue weighted by molar-refractivity contribution is 7.93. The molecule has 0 bridgehead atoms. The SMILES string of the molecule is O=S(=O)(Nc1ccc(Cl)cc1)c1ccc(NS(=O)(=O)c2cccc3nonc23)cc1. The Kier molecular flexibility index (Phi) is 5.10. The van der Waals surface area contributed by atoms with Crippen molar-refractivity contribution in [3.8, 4) is 0 Å². The second-order valence-corrected chi connectivity index (χ2v) is 9.90. The molecule has 4 rings (SSSR count). The van der Waals surface area contributed by atoms with Gasteiger partial charge in [-0.2, -0.15) is 0 Å². The predicted octanol–water partition coefficient (Wildman–Crippen LogP) is 3.48. The number of nitrogens with one attached hydrogen (secondary N) is 2. The summed E-state index contributed by atoms with van der Waals surface area (Å²) in [6, 6.07) is 15.9. The van der Waals surface area contributed by atoms with Crippen LogP contribution in [0.4, 0.5) is 11.4 Å². The number of hydrogen-bond donors (Lipinski definition) is 2. The van der Waals surface area contributed by atoms with E-state index in [1.54, 1.807) is 18.2 Å². The third kappa shape index (κ3) is 4.08. The molecule has 2 N–H and O–H groups in total. The molecule has 4 aromatic rings. The van der Waals surface area contributed by atoms with Crippen LogP contribution in [-0.2, 0) is 20.0 Å². The van der Waals surface area contributed by atoms with Gasteiger partial charge in [0.05, 0.1) is 4.90 Å². The van der Waals surface area contributed by atoms with Crippen LogP contribution in [0.25, 0.3) is 11.0 Å². The molecule has 0 aliphatic heterocycles. The molecule has 3 aromatic carbocycles. The van der Waals surface area contributed by atoms with Crippen molar-refractivity contribution in [1.82, 2.24) is 10.3 Å². The molecule has 0 unspecified atom stereocenters. The average molecular weight is 465 g/mol. The highest BCUT2D eigenvalue weighted by Gasteiger charge is 2.21. The normalized spacial score (nSPS) is 12.0. The number of aromatic nitrogens is 2. The summed E-state index contributed by atoms with van der Waals surface area (Å²) in [6.07, 6.45) is 0. The summed E-state index contributed by atoms with van der Waals surface area (Å²) in [5, 5.41) is 7.71. The smallest absolute Gasteiger partial charge is 0.264 e. The first-order chi connectivity index (χ1) is 14.2. The summed E-state index contributed by atoms with van der Waals surface area (Å²) in [4.78, 5) is -0.148. The third-order valence-electron chi connectivity index (χ3n) is 4.05. The summed E-state index contributed by atoms with van der Waals surface area (Å²) >= 11 is 5.79. The standard InChI is InChI=1S/C18H13ClN4O5S2/c19-12-4-6-13(7-5-12)22-29(24,25)15-10-8-14(9-11-15)23-30(26,27)17-3-1-2-16-18(17)21-28-20-16/h1-11,22-23H. The molecule has 0 fully saturated rings. The van der Waals surface area contributed by atoms with E-state index in [1.807, 2.05) is 0 Å². The quantitative estimate of drug-likeness (QED) is 0.446. The predicted molar refractivity (Wildman–Crippen MR) is 111 cm³/mol. The first-order valence-electron chi connectivity index (χ1n) is 8.37. The zero-order valence-corrected chi connectivity index (χ0v) is 17.4. The van der Waals surface area contributed by atoms with Crippen LogP contribution in [0.1, 0.15) is 0 Å². The van der Waals surface area contributed by atoms with Crippen LogP contribution in [0.3, 0.4) is 0 Å². The molecule has 0 saturated carbocycles. The fourth-order valence-corrected chi connectivity index (χ4v) is 5.04. The van der Waals surface area contributed by atoms with E-state index in [9.17, 15) is 16.8 Å². The van der Waals surface area contributed by atoms with Gasteiger partial charge in [-0.15, -0.1) is 0 Å². The first-order valence-corrected chi connectivity index (χ1v) is 11.7. The summed E-state index contributed by atoms with van der Waals surface area (Å²) in [5.41, 5.74) is 0.913. The van der Waals surface area contributed by atoms with Gasteiger partial charge in [0, 0.05) is 16.4 Å². The average Bonchev–Trinajstić information content (AvgIpc) is 3.18. The molecule has 0 atom stereocenters. The fraction of sp³-hybridized carbons (Fsp3) is 0. The van der Waals surface area contributed by atoms with Crippen LogP contribution in [0.5, 0.6) is 0 Å². The third-order valence-corrected chi connectivity index (χ3v) is 7.11. The van der Waals surface area contributed by atoms with Gasteiger partial charge >= 0.3 is 0 Å².